The fourth-order valence-corrected chi connectivity index (χ4v) is 0.564. The summed E-state index contributed by atoms with van der Waals surface area (Å²) in [6.07, 6.45) is 3.85. The smallest absolute Gasteiger partial charge is 0.410 e. The Hall–Kier alpha value is -1.45. The van der Waals surface area contributed by atoms with E-state index in [0.717, 1.165) is 0 Å². The normalized spacial score (nSPS) is 15.4. The molecule has 0 fully saturated rings. The molecule has 0 aliphatic carbocycles. The molecule has 0 aromatic heterocycles. The third-order valence-corrected chi connectivity index (χ3v) is 0.892. The molecule has 0 unspecified atom stereocenters. The van der Waals surface area contributed by atoms with Crippen LogP contribution in [-0.4, -0.2) is 12.7 Å². The number of primary amides is 1. The number of carbonyl (C=O) groups is 1. The van der Waals surface area contributed by atoms with Crippen molar-refractivity contribution in [2.75, 3.05) is 6.61 Å². The van der Waals surface area contributed by atoms with Crippen LogP contribution in [0.3, 0.4) is 0 Å². The molecule has 0 radical (unpaired) electrons. The summed E-state index contributed by atoms with van der Waals surface area (Å²) in [4.78, 5) is 10.1. The lowest BCUT2D eigenvalue weighted by Crippen LogP contribution is -2.12. The van der Waals surface area contributed by atoms with Gasteiger partial charge in [0.15, 0.2) is 5.76 Å². The Balaban J connectivity index is 2.48. The van der Waals surface area contributed by atoms with Gasteiger partial charge < -0.3 is 15.2 Å². The summed E-state index contributed by atoms with van der Waals surface area (Å²) in [5.41, 5.74) is 4.73. The van der Waals surface area contributed by atoms with Crippen LogP contribution in [-0.2, 0) is 9.47 Å². The van der Waals surface area contributed by atoms with E-state index in [1.165, 1.54) is 6.26 Å². The predicted molar refractivity (Wildman–Crippen MR) is 33.8 cm³/mol. The second kappa shape index (κ2) is 2.91. The van der Waals surface area contributed by atoms with Gasteiger partial charge in [0.1, 0.15) is 12.9 Å². The Morgan fingerprint density at radius 2 is 2.60 bits per heavy atom. The van der Waals surface area contributed by atoms with Gasteiger partial charge in [0.05, 0.1) is 0 Å². The van der Waals surface area contributed by atoms with E-state index in [1.54, 1.807) is 12.2 Å². The van der Waals surface area contributed by atoms with E-state index in [4.69, 9.17) is 10.5 Å². The van der Waals surface area contributed by atoms with Gasteiger partial charge in [0.2, 0.25) is 0 Å². The maximum Gasteiger partial charge on any atom is 0.410 e. The van der Waals surface area contributed by atoms with Crippen molar-refractivity contribution in [3.63, 3.8) is 0 Å². The molecule has 1 rings (SSSR count). The average Bonchev–Trinajstić information content (AvgIpc) is 1.88. The summed E-state index contributed by atoms with van der Waals surface area (Å²) >= 11 is 0. The summed E-state index contributed by atoms with van der Waals surface area (Å²) in [6.45, 7) is 0.506. The number of nitrogens with two attached hydrogens (primary N) is 1. The van der Waals surface area contributed by atoms with Crippen molar-refractivity contribution in [1.29, 1.82) is 0 Å². The monoisotopic (exact) mass is 141 g/mol. The van der Waals surface area contributed by atoms with E-state index < -0.39 is 6.09 Å². The van der Waals surface area contributed by atoms with Gasteiger partial charge in [-0.1, -0.05) is 0 Å². The third kappa shape index (κ3) is 1.81. The molecule has 0 atom stereocenters. The molecule has 0 saturated heterocycles. The maximum absolute atomic E-state index is 10.1. The summed E-state index contributed by atoms with van der Waals surface area (Å²) in [6, 6.07) is 0. The number of rotatable bonds is 1. The first-order valence-corrected chi connectivity index (χ1v) is 2.74. The number of hydrogen-bond donors (Lipinski definition) is 1. The zero-order valence-electron chi connectivity index (χ0n) is 5.24. The minimum absolute atomic E-state index is 0.332. The zero-order chi connectivity index (χ0) is 7.40. The van der Waals surface area contributed by atoms with E-state index in [-0.39, 0.29) is 0 Å². The number of carbonyl (C=O) groups excluding carboxylic acids is 1. The second-order valence-corrected chi connectivity index (χ2v) is 1.68. The van der Waals surface area contributed by atoms with Gasteiger partial charge in [-0.25, -0.2) is 4.79 Å². The Labute approximate surface area is 57.9 Å². The number of allylic oxidation sites excluding steroid dienone is 1. The quantitative estimate of drug-likeness (QED) is 0.578. The molecule has 10 heavy (non-hydrogen) atoms. The highest BCUT2D eigenvalue weighted by atomic mass is 16.6. The van der Waals surface area contributed by atoms with Gasteiger partial charge in [-0.2, -0.15) is 0 Å². The number of ether oxygens (including phenoxy) is 2. The van der Waals surface area contributed by atoms with E-state index in [2.05, 4.69) is 4.74 Å². The molecule has 4 heteroatoms. The standard InChI is InChI=1S/C6H7NO3/c7-6(8)10-5-2-1-3-9-4-5/h1-2,4H,3H2,(H2,7,8). The van der Waals surface area contributed by atoms with Gasteiger partial charge in [0, 0.05) is 0 Å². The molecular formula is C6H7NO3. The first-order chi connectivity index (χ1) is 4.79. The molecule has 1 heterocycles. The lowest BCUT2D eigenvalue weighted by Gasteiger charge is -2.05. The molecule has 4 nitrogen and oxygen atoms in total. The topological polar surface area (TPSA) is 61.6 Å². The van der Waals surface area contributed by atoms with Crippen molar-refractivity contribution in [2.24, 2.45) is 5.73 Å². The molecular weight excluding hydrogens is 134 g/mol. The highest BCUT2D eigenvalue weighted by molar-refractivity contribution is 5.66. The predicted octanol–water partition coefficient (Wildman–Crippen LogP) is 0.510. The van der Waals surface area contributed by atoms with Gasteiger partial charge in [-0.15, -0.1) is 0 Å². The molecule has 0 aromatic rings. The summed E-state index contributed by atoms with van der Waals surface area (Å²) in [5.74, 6) is 0.332. The van der Waals surface area contributed by atoms with E-state index in [1.807, 2.05) is 0 Å². The lowest BCUT2D eigenvalue weighted by atomic mass is 10.4. The van der Waals surface area contributed by atoms with Gasteiger partial charge in [-0.3, -0.25) is 0 Å². The molecule has 1 aliphatic rings. The SMILES string of the molecule is NC(=O)OC1=COCC=C1. The van der Waals surface area contributed by atoms with E-state index in [0.29, 0.717) is 12.4 Å². The van der Waals surface area contributed by atoms with Crippen LogP contribution in [0.25, 0.3) is 0 Å². The van der Waals surface area contributed by atoms with E-state index >= 15 is 0 Å². The fourth-order valence-electron chi connectivity index (χ4n) is 0.564. The van der Waals surface area contributed by atoms with Gasteiger partial charge >= 0.3 is 6.09 Å². The van der Waals surface area contributed by atoms with Crippen molar-refractivity contribution in [1.82, 2.24) is 0 Å². The Morgan fingerprint density at radius 1 is 1.80 bits per heavy atom. The molecule has 1 aliphatic heterocycles. The highest BCUT2D eigenvalue weighted by Crippen LogP contribution is 2.04. The molecule has 1 amide bonds. The van der Waals surface area contributed by atoms with E-state index in [9.17, 15) is 4.79 Å². The van der Waals surface area contributed by atoms with Crippen molar-refractivity contribution in [3.8, 4) is 0 Å². The van der Waals surface area contributed by atoms with Crippen LogP contribution in [0, 0.1) is 0 Å². The number of amides is 1. The number of hydrogen-bond acceptors (Lipinski definition) is 3. The molecule has 54 valence electrons. The first-order valence-electron chi connectivity index (χ1n) is 2.74. The Kier molecular flexibility index (Phi) is 1.94. The molecule has 0 aromatic carbocycles. The second-order valence-electron chi connectivity index (χ2n) is 1.68. The molecule has 0 bridgehead atoms. The molecule has 0 spiro atoms. The fraction of sp³-hybridized carbons (Fsp3) is 0.167. The van der Waals surface area contributed by atoms with Crippen LogP contribution in [0.5, 0.6) is 0 Å². The van der Waals surface area contributed by atoms with Gasteiger partial charge in [-0.05, 0) is 12.2 Å². The largest absolute Gasteiger partial charge is 0.493 e. The summed E-state index contributed by atoms with van der Waals surface area (Å²) in [5, 5.41) is 0. The van der Waals surface area contributed by atoms with Crippen LogP contribution < -0.4 is 5.73 Å². The summed E-state index contributed by atoms with van der Waals surface area (Å²) < 4.78 is 9.28. The minimum Gasteiger partial charge on any atom is -0.493 e. The highest BCUT2D eigenvalue weighted by Gasteiger charge is 2.01. The average molecular weight is 141 g/mol. The minimum atomic E-state index is -0.832. The maximum atomic E-state index is 10.1. The lowest BCUT2D eigenvalue weighted by molar-refractivity contribution is 0.180. The van der Waals surface area contributed by atoms with Crippen molar-refractivity contribution < 1.29 is 14.3 Å². The van der Waals surface area contributed by atoms with Crippen LogP contribution >= 0.6 is 0 Å². The Bertz CT molecular complexity index is 195. The summed E-state index contributed by atoms with van der Waals surface area (Å²) in [7, 11) is 0. The molecule has 2 N–H and O–H groups in total. The molecule has 0 saturated carbocycles. The van der Waals surface area contributed by atoms with Crippen molar-refractivity contribution >= 4 is 6.09 Å². The van der Waals surface area contributed by atoms with Crippen LogP contribution in [0.1, 0.15) is 0 Å². The Morgan fingerprint density at radius 3 is 3.10 bits per heavy atom. The first kappa shape index (κ1) is 6.67. The zero-order valence-corrected chi connectivity index (χ0v) is 5.24. The van der Waals surface area contributed by atoms with Crippen LogP contribution in [0.4, 0.5) is 4.79 Å². The van der Waals surface area contributed by atoms with Crippen molar-refractivity contribution in [3.05, 3.63) is 24.2 Å². The van der Waals surface area contributed by atoms with Crippen LogP contribution in [0.15, 0.2) is 24.2 Å². The third-order valence-electron chi connectivity index (χ3n) is 0.892. The van der Waals surface area contributed by atoms with Crippen molar-refractivity contribution in [2.45, 2.75) is 0 Å². The van der Waals surface area contributed by atoms with Crippen LogP contribution in [0.2, 0.25) is 0 Å². The van der Waals surface area contributed by atoms with Gasteiger partial charge in [0.25, 0.3) is 0 Å².